The predicted molar refractivity (Wildman–Crippen MR) is 70.3 cm³/mol. The van der Waals surface area contributed by atoms with Crippen molar-refractivity contribution in [2.24, 2.45) is 0 Å². The Hall–Kier alpha value is -1.17. The quantitative estimate of drug-likeness (QED) is 0.918. The zero-order valence-corrected chi connectivity index (χ0v) is 12.0. The first-order chi connectivity index (χ1) is 8.88. The third-order valence-electron chi connectivity index (χ3n) is 3.16. The molecule has 1 aromatic rings. The minimum atomic E-state index is -2.86. The third kappa shape index (κ3) is 3.65. The minimum Gasteiger partial charge on any atom is -0.435 e. The molecule has 1 N–H and O–H groups in total. The first-order valence-electron chi connectivity index (χ1n) is 5.92. The van der Waals surface area contributed by atoms with Gasteiger partial charge in [0.1, 0.15) is 5.75 Å². The van der Waals surface area contributed by atoms with E-state index >= 15 is 0 Å². The van der Waals surface area contributed by atoms with Crippen LogP contribution in [0.4, 0.5) is 8.78 Å². The van der Waals surface area contributed by atoms with Gasteiger partial charge in [0, 0.05) is 16.4 Å². The molecule has 1 aliphatic heterocycles. The summed E-state index contributed by atoms with van der Waals surface area (Å²) in [6.45, 7) is -0.948. The van der Waals surface area contributed by atoms with Gasteiger partial charge in [0.05, 0.1) is 0 Å². The van der Waals surface area contributed by atoms with Gasteiger partial charge in [-0.15, -0.1) is 0 Å². The molecule has 1 saturated heterocycles. The largest absolute Gasteiger partial charge is 0.435 e. The highest BCUT2D eigenvalue weighted by atomic mass is 79.9. The minimum absolute atomic E-state index is 0.00572. The number of rotatable bonds is 4. The number of alkyl halides is 2. The number of ether oxygens (including phenoxy) is 1. The van der Waals surface area contributed by atoms with Crippen molar-refractivity contribution in [3.8, 4) is 5.75 Å². The van der Waals surface area contributed by atoms with Crippen molar-refractivity contribution in [2.75, 3.05) is 0 Å². The molecule has 19 heavy (non-hydrogen) atoms. The lowest BCUT2D eigenvalue weighted by atomic mass is 9.91. The summed E-state index contributed by atoms with van der Waals surface area (Å²) >= 11 is 3.31. The van der Waals surface area contributed by atoms with Crippen LogP contribution in [0, 0.1) is 0 Å². The number of nitrogens with one attached hydrogen (secondary N) is 1. The van der Waals surface area contributed by atoms with Crippen molar-refractivity contribution >= 4 is 21.8 Å². The summed E-state index contributed by atoms with van der Waals surface area (Å²) in [6, 6.07) is 4.90. The first-order valence-corrected chi connectivity index (χ1v) is 6.71. The predicted octanol–water partition coefficient (Wildman–Crippen LogP) is 3.26. The second-order valence-corrected chi connectivity index (χ2v) is 5.83. The van der Waals surface area contributed by atoms with Crippen molar-refractivity contribution in [1.29, 1.82) is 0 Å². The maximum atomic E-state index is 12.4. The molecule has 6 heteroatoms. The number of hydrogen-bond acceptors (Lipinski definition) is 2. The van der Waals surface area contributed by atoms with Crippen LogP contribution < -0.4 is 10.1 Å². The molecule has 0 saturated carbocycles. The first kappa shape index (κ1) is 14.2. The van der Waals surface area contributed by atoms with Crippen molar-refractivity contribution in [2.45, 2.75) is 38.3 Å². The van der Waals surface area contributed by atoms with Crippen LogP contribution in [-0.2, 0) is 11.2 Å². The van der Waals surface area contributed by atoms with E-state index in [0.29, 0.717) is 24.8 Å². The monoisotopic (exact) mass is 333 g/mol. The van der Waals surface area contributed by atoms with E-state index in [1.165, 1.54) is 6.07 Å². The molecule has 0 bridgehead atoms. The molecular weight excluding hydrogens is 320 g/mol. The molecule has 0 radical (unpaired) electrons. The Labute approximate surface area is 118 Å². The van der Waals surface area contributed by atoms with Gasteiger partial charge in [-0.25, -0.2) is 0 Å². The van der Waals surface area contributed by atoms with Crippen LogP contribution in [0.25, 0.3) is 0 Å². The zero-order valence-electron chi connectivity index (χ0n) is 10.4. The van der Waals surface area contributed by atoms with Crippen LogP contribution in [0.3, 0.4) is 0 Å². The SMILES string of the molecule is CC1(Cc2cc(Br)ccc2OC(F)F)CCC(=O)N1. The summed E-state index contributed by atoms with van der Waals surface area (Å²) in [4.78, 5) is 11.3. The summed E-state index contributed by atoms with van der Waals surface area (Å²) in [6.07, 6.45) is 1.61. The molecule has 0 aromatic heterocycles. The van der Waals surface area contributed by atoms with Gasteiger partial charge in [-0.05, 0) is 43.5 Å². The Morgan fingerprint density at radius 1 is 1.53 bits per heavy atom. The van der Waals surface area contributed by atoms with E-state index in [2.05, 4.69) is 26.0 Å². The van der Waals surface area contributed by atoms with E-state index < -0.39 is 12.2 Å². The second-order valence-electron chi connectivity index (χ2n) is 4.92. The summed E-state index contributed by atoms with van der Waals surface area (Å²) in [7, 11) is 0. The number of benzene rings is 1. The number of carbonyl (C=O) groups is 1. The van der Waals surface area contributed by atoms with Crippen molar-refractivity contribution in [3.05, 3.63) is 28.2 Å². The fourth-order valence-electron chi connectivity index (χ4n) is 2.30. The fraction of sp³-hybridized carbons (Fsp3) is 0.462. The summed E-state index contributed by atoms with van der Waals surface area (Å²) in [5.74, 6) is 0.148. The van der Waals surface area contributed by atoms with Gasteiger partial charge < -0.3 is 10.1 Å². The molecule has 1 atom stereocenters. The highest BCUT2D eigenvalue weighted by molar-refractivity contribution is 9.10. The van der Waals surface area contributed by atoms with Crippen LogP contribution in [0.2, 0.25) is 0 Å². The summed E-state index contributed by atoms with van der Waals surface area (Å²) < 4.78 is 30.0. The lowest BCUT2D eigenvalue weighted by Gasteiger charge is -2.25. The standard InChI is InChI=1S/C13H14BrF2NO2/c1-13(5-4-11(18)17-13)7-8-6-9(14)2-3-10(8)19-12(15)16/h2-3,6,12H,4-5,7H2,1H3,(H,17,18). The van der Waals surface area contributed by atoms with Gasteiger partial charge in [-0.3, -0.25) is 4.79 Å². The molecule has 1 fully saturated rings. The van der Waals surface area contributed by atoms with Gasteiger partial charge >= 0.3 is 6.61 Å². The van der Waals surface area contributed by atoms with E-state index in [9.17, 15) is 13.6 Å². The van der Waals surface area contributed by atoms with Gasteiger partial charge in [0.15, 0.2) is 0 Å². The normalized spacial score (nSPS) is 22.7. The molecular formula is C13H14BrF2NO2. The van der Waals surface area contributed by atoms with Gasteiger partial charge in [-0.1, -0.05) is 15.9 Å². The lowest BCUT2D eigenvalue weighted by Crippen LogP contribution is -2.40. The molecule has 1 unspecified atom stereocenters. The molecule has 2 rings (SSSR count). The van der Waals surface area contributed by atoms with Crippen LogP contribution in [0.15, 0.2) is 22.7 Å². The maximum Gasteiger partial charge on any atom is 0.387 e. The van der Waals surface area contributed by atoms with Crippen molar-refractivity contribution in [3.63, 3.8) is 0 Å². The number of amides is 1. The lowest BCUT2D eigenvalue weighted by molar-refractivity contribution is -0.119. The summed E-state index contributed by atoms with van der Waals surface area (Å²) in [5.41, 5.74) is 0.248. The average Bonchev–Trinajstić information content (AvgIpc) is 2.62. The smallest absolute Gasteiger partial charge is 0.387 e. The van der Waals surface area contributed by atoms with E-state index in [-0.39, 0.29) is 11.7 Å². The molecule has 1 aliphatic rings. The van der Waals surface area contributed by atoms with E-state index in [1.54, 1.807) is 12.1 Å². The number of halogens is 3. The Morgan fingerprint density at radius 2 is 2.26 bits per heavy atom. The highest BCUT2D eigenvalue weighted by Crippen LogP contribution is 2.31. The molecule has 1 amide bonds. The van der Waals surface area contributed by atoms with Crippen molar-refractivity contribution in [1.82, 2.24) is 5.32 Å². The Bertz CT molecular complexity index is 496. The highest BCUT2D eigenvalue weighted by Gasteiger charge is 2.34. The Balaban J connectivity index is 2.23. The summed E-state index contributed by atoms with van der Waals surface area (Å²) in [5, 5.41) is 2.88. The van der Waals surface area contributed by atoms with Crippen LogP contribution in [-0.4, -0.2) is 18.1 Å². The second kappa shape index (κ2) is 5.45. The Morgan fingerprint density at radius 3 is 2.84 bits per heavy atom. The average molecular weight is 334 g/mol. The van der Waals surface area contributed by atoms with Gasteiger partial charge in [0.25, 0.3) is 0 Å². The molecule has 104 valence electrons. The van der Waals surface area contributed by atoms with E-state index in [4.69, 9.17) is 0 Å². The van der Waals surface area contributed by atoms with Crippen LogP contribution >= 0.6 is 15.9 Å². The van der Waals surface area contributed by atoms with E-state index in [1.807, 2.05) is 6.92 Å². The van der Waals surface area contributed by atoms with Crippen LogP contribution in [0.1, 0.15) is 25.3 Å². The molecule has 1 heterocycles. The van der Waals surface area contributed by atoms with Crippen LogP contribution in [0.5, 0.6) is 5.75 Å². The zero-order chi connectivity index (χ0) is 14.0. The fourth-order valence-corrected chi connectivity index (χ4v) is 2.71. The number of hydrogen-bond donors (Lipinski definition) is 1. The number of carbonyl (C=O) groups excluding carboxylic acids is 1. The Kier molecular flexibility index (Phi) is 4.08. The van der Waals surface area contributed by atoms with Gasteiger partial charge in [-0.2, -0.15) is 8.78 Å². The third-order valence-corrected chi connectivity index (χ3v) is 3.66. The van der Waals surface area contributed by atoms with Gasteiger partial charge in [0.2, 0.25) is 5.91 Å². The molecule has 0 aliphatic carbocycles. The molecule has 3 nitrogen and oxygen atoms in total. The topological polar surface area (TPSA) is 38.3 Å². The molecule has 0 spiro atoms. The molecule has 1 aromatic carbocycles. The van der Waals surface area contributed by atoms with E-state index in [0.717, 1.165) is 4.47 Å². The maximum absolute atomic E-state index is 12.4. The van der Waals surface area contributed by atoms with Crippen molar-refractivity contribution < 1.29 is 18.3 Å².